The van der Waals surface area contributed by atoms with Gasteiger partial charge in [0.15, 0.2) is 0 Å². The lowest BCUT2D eigenvalue weighted by molar-refractivity contribution is 0.0880. The highest BCUT2D eigenvalue weighted by Gasteiger charge is 2.16. The molecule has 17 heavy (non-hydrogen) atoms. The Balaban J connectivity index is 2.05. The second kappa shape index (κ2) is 5.07. The topological polar surface area (TPSA) is 88.2 Å². The summed E-state index contributed by atoms with van der Waals surface area (Å²) in [7, 11) is 0. The summed E-state index contributed by atoms with van der Waals surface area (Å²) in [5.74, 6) is -0.197. The van der Waals surface area contributed by atoms with Crippen LogP contribution in [0.2, 0.25) is 0 Å². The number of aromatic nitrogens is 2. The molecule has 0 spiro atoms. The van der Waals surface area contributed by atoms with Gasteiger partial charge in [0, 0.05) is 6.54 Å². The van der Waals surface area contributed by atoms with Gasteiger partial charge in [-0.05, 0) is 18.4 Å². The number of nitrogens with one attached hydrogen (secondary N) is 1. The van der Waals surface area contributed by atoms with E-state index in [0.29, 0.717) is 5.82 Å². The number of hydrogen-bond donors (Lipinski definition) is 2. The predicted octanol–water partition coefficient (Wildman–Crippen LogP) is 0.909. The fourth-order valence-electron chi connectivity index (χ4n) is 1.14. The van der Waals surface area contributed by atoms with E-state index in [9.17, 15) is 4.79 Å². The van der Waals surface area contributed by atoms with Crippen LogP contribution >= 0.6 is 11.3 Å². The molecule has 0 bridgehead atoms. The number of aliphatic hydroxyl groups is 1. The Morgan fingerprint density at radius 3 is 3.18 bits per heavy atom. The minimum absolute atomic E-state index is 0.103. The van der Waals surface area contributed by atoms with E-state index in [1.807, 2.05) is 17.5 Å². The van der Waals surface area contributed by atoms with Crippen molar-refractivity contribution in [3.05, 3.63) is 23.4 Å². The number of hydrogen-bond acceptors (Lipinski definition) is 6. The standard InChI is InChI=1S/C10H11N3O3S/c1-6(14)5-11-9(15)10-12-8(13-16-10)7-3-2-4-17-7/h2-4,6,14H,5H2,1H3,(H,11,15)/t6-/m0/s1. The minimum Gasteiger partial charge on any atom is -0.392 e. The van der Waals surface area contributed by atoms with Crippen LogP contribution < -0.4 is 5.32 Å². The maximum Gasteiger partial charge on any atom is 0.316 e. The quantitative estimate of drug-likeness (QED) is 0.845. The summed E-state index contributed by atoms with van der Waals surface area (Å²) in [4.78, 5) is 16.3. The second-order valence-corrected chi connectivity index (χ2v) is 4.41. The number of nitrogens with zero attached hydrogens (tertiary/aromatic N) is 2. The number of aliphatic hydroxyl groups excluding tert-OH is 1. The first-order valence-corrected chi connectivity index (χ1v) is 5.88. The summed E-state index contributed by atoms with van der Waals surface area (Å²) in [6.07, 6.45) is -0.612. The number of rotatable bonds is 4. The molecule has 2 heterocycles. The van der Waals surface area contributed by atoms with Crippen LogP contribution in [-0.2, 0) is 0 Å². The van der Waals surface area contributed by atoms with E-state index in [4.69, 9.17) is 9.63 Å². The van der Waals surface area contributed by atoms with E-state index in [-0.39, 0.29) is 12.4 Å². The molecule has 0 unspecified atom stereocenters. The van der Waals surface area contributed by atoms with Gasteiger partial charge in [-0.3, -0.25) is 4.79 Å². The zero-order valence-electron chi connectivity index (χ0n) is 9.08. The summed E-state index contributed by atoms with van der Waals surface area (Å²) >= 11 is 1.46. The van der Waals surface area contributed by atoms with Gasteiger partial charge < -0.3 is 14.9 Å². The van der Waals surface area contributed by atoms with Gasteiger partial charge in [0.2, 0.25) is 5.82 Å². The third kappa shape index (κ3) is 2.89. The van der Waals surface area contributed by atoms with Crippen molar-refractivity contribution in [1.82, 2.24) is 15.5 Å². The molecule has 0 saturated heterocycles. The summed E-state index contributed by atoms with van der Waals surface area (Å²) < 4.78 is 4.83. The van der Waals surface area contributed by atoms with Gasteiger partial charge in [0.25, 0.3) is 0 Å². The van der Waals surface area contributed by atoms with Gasteiger partial charge in [-0.2, -0.15) is 4.98 Å². The Hall–Kier alpha value is -1.73. The highest BCUT2D eigenvalue weighted by atomic mass is 32.1. The van der Waals surface area contributed by atoms with Crippen LogP contribution in [0.15, 0.2) is 22.0 Å². The Morgan fingerprint density at radius 2 is 2.53 bits per heavy atom. The normalized spacial score (nSPS) is 12.4. The molecule has 0 aliphatic rings. The van der Waals surface area contributed by atoms with E-state index in [1.54, 1.807) is 6.92 Å². The summed E-state index contributed by atoms with van der Waals surface area (Å²) in [5.41, 5.74) is 0. The number of amides is 1. The van der Waals surface area contributed by atoms with Crippen molar-refractivity contribution in [3.8, 4) is 10.7 Å². The first-order chi connectivity index (χ1) is 8.16. The Kier molecular flexibility index (Phi) is 3.50. The molecule has 0 radical (unpaired) electrons. The molecule has 6 nitrogen and oxygen atoms in total. The molecule has 1 amide bonds. The molecule has 0 aliphatic heterocycles. The molecule has 2 aromatic rings. The third-order valence-corrected chi connectivity index (χ3v) is 2.79. The van der Waals surface area contributed by atoms with Crippen LogP contribution in [-0.4, -0.2) is 33.8 Å². The van der Waals surface area contributed by atoms with Crippen LogP contribution in [0.3, 0.4) is 0 Å². The zero-order valence-corrected chi connectivity index (χ0v) is 9.90. The first kappa shape index (κ1) is 11.7. The fraction of sp³-hybridized carbons (Fsp3) is 0.300. The molecule has 2 rings (SSSR count). The summed E-state index contributed by atoms with van der Waals surface area (Å²) in [6.45, 7) is 1.72. The van der Waals surface area contributed by atoms with E-state index >= 15 is 0 Å². The zero-order chi connectivity index (χ0) is 12.3. The van der Waals surface area contributed by atoms with Gasteiger partial charge in [0.05, 0.1) is 11.0 Å². The van der Waals surface area contributed by atoms with Gasteiger partial charge in [-0.25, -0.2) is 0 Å². The van der Waals surface area contributed by atoms with Crippen molar-refractivity contribution < 1.29 is 14.4 Å². The number of thiophene rings is 1. The van der Waals surface area contributed by atoms with Crippen LogP contribution in [0.1, 0.15) is 17.6 Å². The molecule has 2 N–H and O–H groups in total. The molecule has 0 aliphatic carbocycles. The summed E-state index contributed by atoms with van der Waals surface area (Å²) in [5, 5.41) is 17.1. The number of carbonyl (C=O) groups excluding carboxylic acids is 1. The maximum absolute atomic E-state index is 11.5. The second-order valence-electron chi connectivity index (χ2n) is 3.46. The number of carbonyl (C=O) groups is 1. The Morgan fingerprint density at radius 1 is 1.71 bits per heavy atom. The van der Waals surface area contributed by atoms with E-state index in [2.05, 4.69) is 15.5 Å². The molecule has 90 valence electrons. The van der Waals surface area contributed by atoms with E-state index in [0.717, 1.165) is 4.88 Å². The van der Waals surface area contributed by atoms with E-state index < -0.39 is 12.0 Å². The molecule has 7 heteroatoms. The van der Waals surface area contributed by atoms with Gasteiger partial charge >= 0.3 is 11.8 Å². The molecule has 2 aromatic heterocycles. The molecular weight excluding hydrogens is 242 g/mol. The highest BCUT2D eigenvalue weighted by molar-refractivity contribution is 7.13. The molecule has 0 aromatic carbocycles. The van der Waals surface area contributed by atoms with Crippen molar-refractivity contribution in [1.29, 1.82) is 0 Å². The molecule has 0 saturated carbocycles. The maximum atomic E-state index is 11.5. The predicted molar refractivity (Wildman–Crippen MR) is 61.6 cm³/mol. The van der Waals surface area contributed by atoms with Crippen LogP contribution in [0.5, 0.6) is 0 Å². The van der Waals surface area contributed by atoms with Crippen molar-refractivity contribution >= 4 is 17.2 Å². The van der Waals surface area contributed by atoms with Gasteiger partial charge in [0.1, 0.15) is 0 Å². The molecule has 0 fully saturated rings. The summed E-state index contributed by atoms with van der Waals surface area (Å²) in [6, 6.07) is 3.70. The lowest BCUT2D eigenvalue weighted by atomic mass is 10.4. The first-order valence-electron chi connectivity index (χ1n) is 5.00. The molecular formula is C10H11N3O3S. The average Bonchev–Trinajstić information content (AvgIpc) is 2.94. The smallest absolute Gasteiger partial charge is 0.316 e. The van der Waals surface area contributed by atoms with Crippen molar-refractivity contribution in [2.75, 3.05) is 6.54 Å². The van der Waals surface area contributed by atoms with Crippen molar-refractivity contribution in [2.24, 2.45) is 0 Å². The Bertz CT molecular complexity index is 493. The lowest BCUT2D eigenvalue weighted by Crippen LogP contribution is -2.30. The van der Waals surface area contributed by atoms with Crippen molar-refractivity contribution in [3.63, 3.8) is 0 Å². The third-order valence-electron chi connectivity index (χ3n) is 1.92. The van der Waals surface area contributed by atoms with E-state index in [1.165, 1.54) is 11.3 Å². The minimum atomic E-state index is -0.612. The SMILES string of the molecule is C[C@H](O)CNC(=O)c1nc(-c2cccs2)no1. The Labute approximate surface area is 101 Å². The molecule has 1 atom stereocenters. The van der Waals surface area contributed by atoms with Crippen molar-refractivity contribution in [2.45, 2.75) is 13.0 Å². The van der Waals surface area contributed by atoms with Gasteiger partial charge in [-0.15, -0.1) is 11.3 Å². The highest BCUT2D eigenvalue weighted by Crippen LogP contribution is 2.21. The monoisotopic (exact) mass is 253 g/mol. The average molecular weight is 253 g/mol. The van der Waals surface area contributed by atoms with Crippen LogP contribution in [0.25, 0.3) is 10.7 Å². The lowest BCUT2D eigenvalue weighted by Gasteiger charge is -2.03. The largest absolute Gasteiger partial charge is 0.392 e. The van der Waals surface area contributed by atoms with Crippen LogP contribution in [0, 0.1) is 0 Å². The van der Waals surface area contributed by atoms with Gasteiger partial charge in [-0.1, -0.05) is 11.2 Å². The van der Waals surface area contributed by atoms with Crippen LogP contribution in [0.4, 0.5) is 0 Å². The fourth-order valence-corrected chi connectivity index (χ4v) is 1.79.